The van der Waals surface area contributed by atoms with Crippen molar-refractivity contribution in [2.45, 2.75) is 32.1 Å². The lowest BCUT2D eigenvalue weighted by Crippen LogP contribution is -2.51. The van der Waals surface area contributed by atoms with E-state index < -0.39 is 5.82 Å². The van der Waals surface area contributed by atoms with Gasteiger partial charge in [0, 0.05) is 32.1 Å². The number of hydrogen-bond donors (Lipinski definition) is 0. The number of para-hydroxylation sites is 1. The van der Waals surface area contributed by atoms with Crippen molar-refractivity contribution in [3.63, 3.8) is 0 Å². The van der Waals surface area contributed by atoms with Crippen molar-refractivity contribution in [2.75, 3.05) is 32.8 Å². The third kappa shape index (κ3) is 4.50. The summed E-state index contributed by atoms with van der Waals surface area (Å²) in [5, 5.41) is 0. The third-order valence-corrected chi connectivity index (χ3v) is 5.06. The molecule has 0 atom stereocenters. The maximum absolute atomic E-state index is 13.5. The Hall–Kier alpha value is -2.11. The molecule has 1 aliphatic carbocycles. The van der Waals surface area contributed by atoms with Crippen molar-refractivity contribution in [3.8, 4) is 5.75 Å². The van der Waals surface area contributed by atoms with E-state index in [9.17, 15) is 14.0 Å². The number of carbonyl (C=O) groups excluding carboxylic acids is 2. The van der Waals surface area contributed by atoms with Crippen molar-refractivity contribution in [2.24, 2.45) is 5.92 Å². The number of carbonyl (C=O) groups is 2. The fourth-order valence-electron chi connectivity index (χ4n) is 3.58. The zero-order chi connectivity index (χ0) is 17.6. The average Bonchev–Trinajstić information content (AvgIpc) is 3.17. The van der Waals surface area contributed by atoms with Gasteiger partial charge in [-0.05, 0) is 25.0 Å². The molecule has 1 heterocycles. The number of piperazine rings is 1. The minimum atomic E-state index is -0.422. The van der Waals surface area contributed by atoms with E-state index in [4.69, 9.17) is 4.74 Å². The van der Waals surface area contributed by atoms with Crippen LogP contribution in [-0.2, 0) is 9.59 Å². The normalized spacial score (nSPS) is 18.4. The highest BCUT2D eigenvalue weighted by atomic mass is 19.1. The Morgan fingerprint density at radius 1 is 1.04 bits per heavy atom. The summed E-state index contributed by atoms with van der Waals surface area (Å²) in [7, 11) is 0. The van der Waals surface area contributed by atoms with Crippen molar-refractivity contribution in [3.05, 3.63) is 30.1 Å². The second-order valence-corrected chi connectivity index (χ2v) is 6.72. The molecule has 1 aromatic carbocycles. The van der Waals surface area contributed by atoms with E-state index in [-0.39, 0.29) is 36.5 Å². The Kier molecular flexibility index (Phi) is 5.89. The van der Waals surface area contributed by atoms with Gasteiger partial charge < -0.3 is 14.5 Å². The van der Waals surface area contributed by atoms with Crippen LogP contribution < -0.4 is 4.74 Å². The molecule has 25 heavy (non-hydrogen) atoms. The summed E-state index contributed by atoms with van der Waals surface area (Å²) in [4.78, 5) is 28.3. The number of rotatable bonds is 5. The topological polar surface area (TPSA) is 49.9 Å². The molecule has 0 unspecified atom stereocenters. The van der Waals surface area contributed by atoms with Gasteiger partial charge in [0.25, 0.3) is 0 Å². The van der Waals surface area contributed by atoms with Crippen LogP contribution in [-0.4, -0.2) is 54.4 Å². The predicted molar refractivity (Wildman–Crippen MR) is 91.6 cm³/mol. The SMILES string of the molecule is O=C(CCOc1ccccc1F)N1CCN(C(=O)C2CCCC2)CC1. The molecule has 0 N–H and O–H groups in total. The molecule has 1 aliphatic heterocycles. The molecule has 1 saturated carbocycles. The van der Waals surface area contributed by atoms with Crippen molar-refractivity contribution in [1.82, 2.24) is 9.80 Å². The van der Waals surface area contributed by atoms with E-state index in [0.717, 1.165) is 25.7 Å². The fourth-order valence-corrected chi connectivity index (χ4v) is 3.58. The highest BCUT2D eigenvalue weighted by Crippen LogP contribution is 2.27. The fraction of sp³-hybridized carbons (Fsp3) is 0.579. The van der Waals surface area contributed by atoms with Crippen LogP contribution in [0.5, 0.6) is 5.75 Å². The Morgan fingerprint density at radius 3 is 2.36 bits per heavy atom. The first-order chi connectivity index (χ1) is 12.1. The quantitative estimate of drug-likeness (QED) is 0.821. The molecular weight excluding hydrogens is 323 g/mol. The van der Waals surface area contributed by atoms with Crippen LogP contribution in [0.4, 0.5) is 4.39 Å². The molecule has 2 fully saturated rings. The minimum absolute atomic E-state index is 0.00990. The number of amides is 2. The van der Waals surface area contributed by atoms with E-state index >= 15 is 0 Å². The first kappa shape index (κ1) is 17.7. The van der Waals surface area contributed by atoms with Crippen molar-refractivity contribution in [1.29, 1.82) is 0 Å². The molecule has 0 radical (unpaired) electrons. The lowest BCUT2D eigenvalue weighted by Gasteiger charge is -2.36. The van der Waals surface area contributed by atoms with Crippen LogP contribution in [0.3, 0.4) is 0 Å². The van der Waals surface area contributed by atoms with Gasteiger partial charge in [-0.3, -0.25) is 9.59 Å². The van der Waals surface area contributed by atoms with Crippen molar-refractivity contribution < 1.29 is 18.7 Å². The number of hydrogen-bond acceptors (Lipinski definition) is 3. The van der Waals surface area contributed by atoms with Gasteiger partial charge in [0.15, 0.2) is 11.6 Å². The van der Waals surface area contributed by atoms with E-state index in [0.29, 0.717) is 26.2 Å². The first-order valence-corrected chi connectivity index (χ1v) is 9.09. The molecule has 5 nitrogen and oxygen atoms in total. The molecule has 136 valence electrons. The predicted octanol–water partition coefficient (Wildman–Crippen LogP) is 2.46. The summed E-state index contributed by atoms with van der Waals surface area (Å²) in [5.74, 6) is 0.185. The van der Waals surface area contributed by atoms with Gasteiger partial charge in [0.1, 0.15) is 0 Å². The van der Waals surface area contributed by atoms with Gasteiger partial charge in [0.2, 0.25) is 11.8 Å². The molecule has 0 bridgehead atoms. The summed E-state index contributed by atoms with van der Waals surface area (Å²) in [6, 6.07) is 6.17. The smallest absolute Gasteiger partial charge is 0.226 e. The lowest BCUT2D eigenvalue weighted by molar-refractivity contribution is -0.142. The summed E-state index contributed by atoms with van der Waals surface area (Å²) in [6.07, 6.45) is 4.52. The standard InChI is InChI=1S/C19H25FN2O3/c20-16-7-3-4-8-17(16)25-14-9-18(23)21-10-12-22(13-11-21)19(24)15-5-1-2-6-15/h3-4,7-8,15H,1-2,5-6,9-14H2. The van der Waals surface area contributed by atoms with E-state index in [1.165, 1.54) is 6.07 Å². The van der Waals surface area contributed by atoms with Gasteiger partial charge in [-0.1, -0.05) is 25.0 Å². The summed E-state index contributed by atoms with van der Waals surface area (Å²) in [6.45, 7) is 2.50. The zero-order valence-corrected chi connectivity index (χ0v) is 14.5. The first-order valence-electron chi connectivity index (χ1n) is 9.09. The maximum atomic E-state index is 13.5. The highest BCUT2D eigenvalue weighted by Gasteiger charge is 2.30. The maximum Gasteiger partial charge on any atom is 0.226 e. The van der Waals surface area contributed by atoms with Crippen LogP contribution in [0.1, 0.15) is 32.1 Å². The van der Waals surface area contributed by atoms with E-state index in [1.807, 2.05) is 4.90 Å². The Balaban J connectivity index is 1.39. The van der Waals surface area contributed by atoms with Gasteiger partial charge in [-0.15, -0.1) is 0 Å². The Bertz CT molecular complexity index is 608. The van der Waals surface area contributed by atoms with Crippen LogP contribution >= 0.6 is 0 Å². The molecule has 2 amide bonds. The van der Waals surface area contributed by atoms with Crippen LogP contribution in [0.15, 0.2) is 24.3 Å². The summed E-state index contributed by atoms with van der Waals surface area (Å²) >= 11 is 0. The van der Waals surface area contributed by atoms with E-state index in [2.05, 4.69) is 0 Å². The van der Waals surface area contributed by atoms with Gasteiger partial charge >= 0.3 is 0 Å². The average molecular weight is 348 g/mol. The van der Waals surface area contributed by atoms with Gasteiger partial charge in [0.05, 0.1) is 13.0 Å². The van der Waals surface area contributed by atoms with Gasteiger partial charge in [-0.2, -0.15) is 0 Å². The molecule has 3 rings (SSSR count). The largest absolute Gasteiger partial charge is 0.490 e. The summed E-state index contributed by atoms with van der Waals surface area (Å²) < 4.78 is 18.8. The van der Waals surface area contributed by atoms with Gasteiger partial charge in [-0.25, -0.2) is 4.39 Å². The molecule has 6 heteroatoms. The lowest BCUT2D eigenvalue weighted by atomic mass is 10.1. The second-order valence-electron chi connectivity index (χ2n) is 6.72. The Labute approximate surface area is 147 Å². The zero-order valence-electron chi connectivity index (χ0n) is 14.5. The molecule has 0 spiro atoms. The minimum Gasteiger partial charge on any atom is -0.490 e. The summed E-state index contributed by atoms with van der Waals surface area (Å²) in [5.41, 5.74) is 0. The van der Waals surface area contributed by atoms with Crippen molar-refractivity contribution >= 4 is 11.8 Å². The Morgan fingerprint density at radius 2 is 1.68 bits per heavy atom. The molecule has 0 aromatic heterocycles. The third-order valence-electron chi connectivity index (χ3n) is 5.06. The highest BCUT2D eigenvalue weighted by molar-refractivity contribution is 5.80. The number of nitrogens with zero attached hydrogens (tertiary/aromatic N) is 2. The monoisotopic (exact) mass is 348 g/mol. The van der Waals surface area contributed by atoms with Crippen LogP contribution in [0.2, 0.25) is 0 Å². The number of ether oxygens (including phenoxy) is 1. The van der Waals surface area contributed by atoms with Crippen LogP contribution in [0, 0.1) is 11.7 Å². The number of benzene rings is 1. The molecule has 1 aromatic rings. The second kappa shape index (κ2) is 8.32. The molecule has 1 saturated heterocycles. The molecular formula is C19H25FN2O3. The van der Waals surface area contributed by atoms with E-state index in [1.54, 1.807) is 23.1 Å². The number of halogens is 1. The molecule has 2 aliphatic rings. The van der Waals surface area contributed by atoms with Crippen LogP contribution in [0.25, 0.3) is 0 Å².